The number of alkyl halides is 3. The molecular formula is C40H25F3N4. The minimum Gasteiger partial charge on any atom is -0.309 e. The summed E-state index contributed by atoms with van der Waals surface area (Å²) in [7, 11) is 0. The van der Waals surface area contributed by atoms with Crippen molar-refractivity contribution in [3.63, 3.8) is 0 Å². The minimum atomic E-state index is -4.57. The van der Waals surface area contributed by atoms with Crippen molar-refractivity contribution < 1.29 is 13.2 Å². The highest BCUT2D eigenvalue weighted by Crippen LogP contribution is 2.40. The van der Waals surface area contributed by atoms with Crippen LogP contribution in [-0.4, -0.2) is 19.5 Å². The standard InChI is InChI=1S/C40H25F3N4/c41-40(42,43)30-21-23-36(47-34-19-11-10-18-31(34)32-24-29(20-22-35(32)47)26-12-4-1-5-13-26)33(25-30)39-45-37(27-14-6-2-7-15-27)44-38(46-39)28-16-8-3-9-17-28/h1-25H. The third-order valence-electron chi connectivity index (χ3n) is 8.28. The lowest BCUT2D eigenvalue weighted by Crippen LogP contribution is -2.08. The third kappa shape index (κ3) is 5.21. The average molecular weight is 619 g/mol. The second-order valence-electron chi connectivity index (χ2n) is 11.2. The van der Waals surface area contributed by atoms with Gasteiger partial charge in [-0.15, -0.1) is 0 Å². The molecule has 0 aliphatic rings. The van der Waals surface area contributed by atoms with Gasteiger partial charge in [0.1, 0.15) is 0 Å². The lowest BCUT2D eigenvalue weighted by molar-refractivity contribution is -0.137. The van der Waals surface area contributed by atoms with Gasteiger partial charge in [-0.05, 0) is 47.5 Å². The molecule has 8 aromatic rings. The van der Waals surface area contributed by atoms with Gasteiger partial charge in [0, 0.05) is 27.5 Å². The molecule has 8 rings (SSSR count). The van der Waals surface area contributed by atoms with Crippen LogP contribution in [0.4, 0.5) is 13.2 Å². The first-order valence-corrected chi connectivity index (χ1v) is 15.1. The molecule has 0 amide bonds. The number of para-hydroxylation sites is 1. The second kappa shape index (κ2) is 11.4. The normalized spacial score (nSPS) is 11.7. The minimum absolute atomic E-state index is 0.144. The van der Waals surface area contributed by atoms with E-state index >= 15 is 0 Å². The highest BCUT2D eigenvalue weighted by molar-refractivity contribution is 6.11. The van der Waals surface area contributed by atoms with Crippen LogP contribution in [0.15, 0.2) is 152 Å². The molecule has 0 unspecified atom stereocenters. The van der Waals surface area contributed by atoms with Crippen molar-refractivity contribution in [2.45, 2.75) is 6.18 Å². The number of benzene rings is 6. The highest BCUT2D eigenvalue weighted by atomic mass is 19.4. The fourth-order valence-corrected chi connectivity index (χ4v) is 6.06. The van der Waals surface area contributed by atoms with Gasteiger partial charge in [0.15, 0.2) is 17.5 Å². The van der Waals surface area contributed by atoms with Crippen molar-refractivity contribution in [1.82, 2.24) is 19.5 Å². The summed E-state index contributed by atoms with van der Waals surface area (Å²) in [5.74, 6) is 0.880. The summed E-state index contributed by atoms with van der Waals surface area (Å²) in [6.07, 6.45) is -4.57. The van der Waals surface area contributed by atoms with Crippen molar-refractivity contribution in [2.24, 2.45) is 0 Å². The summed E-state index contributed by atoms with van der Waals surface area (Å²) in [4.78, 5) is 14.4. The van der Waals surface area contributed by atoms with Gasteiger partial charge in [-0.1, -0.05) is 115 Å². The van der Waals surface area contributed by atoms with Crippen LogP contribution in [0.25, 0.3) is 72.8 Å². The Labute approximate surface area is 268 Å². The maximum atomic E-state index is 14.3. The molecule has 0 atom stereocenters. The van der Waals surface area contributed by atoms with Crippen LogP contribution in [0.3, 0.4) is 0 Å². The Morgan fingerprint density at radius 1 is 0.426 bits per heavy atom. The molecule has 6 aromatic carbocycles. The topological polar surface area (TPSA) is 43.6 Å². The lowest BCUT2D eigenvalue weighted by atomic mass is 10.0. The summed E-state index contributed by atoms with van der Waals surface area (Å²) >= 11 is 0. The van der Waals surface area contributed by atoms with Gasteiger partial charge in [-0.25, -0.2) is 15.0 Å². The van der Waals surface area contributed by atoms with E-state index in [0.29, 0.717) is 17.3 Å². The quantitative estimate of drug-likeness (QED) is 0.193. The fraction of sp³-hybridized carbons (Fsp3) is 0.0250. The predicted molar refractivity (Wildman–Crippen MR) is 181 cm³/mol. The largest absolute Gasteiger partial charge is 0.416 e. The highest BCUT2D eigenvalue weighted by Gasteiger charge is 2.32. The summed E-state index contributed by atoms with van der Waals surface area (Å²) in [6.45, 7) is 0. The number of rotatable bonds is 5. The fourth-order valence-electron chi connectivity index (χ4n) is 6.06. The van der Waals surface area contributed by atoms with E-state index in [1.165, 1.54) is 6.07 Å². The van der Waals surface area contributed by atoms with Gasteiger partial charge in [0.05, 0.1) is 22.3 Å². The van der Waals surface area contributed by atoms with E-state index < -0.39 is 11.7 Å². The van der Waals surface area contributed by atoms with Gasteiger partial charge in [0.25, 0.3) is 0 Å². The molecule has 0 saturated carbocycles. The number of hydrogen-bond acceptors (Lipinski definition) is 3. The zero-order valence-electron chi connectivity index (χ0n) is 24.9. The van der Waals surface area contributed by atoms with E-state index in [1.54, 1.807) is 0 Å². The van der Waals surface area contributed by atoms with Crippen LogP contribution in [0.2, 0.25) is 0 Å². The molecule has 0 fully saturated rings. The average Bonchev–Trinajstić information content (AvgIpc) is 3.45. The van der Waals surface area contributed by atoms with E-state index in [-0.39, 0.29) is 11.4 Å². The molecule has 0 N–H and O–H groups in total. The molecule has 0 aliphatic carbocycles. The number of aromatic nitrogens is 4. The van der Waals surface area contributed by atoms with Crippen LogP contribution in [0, 0.1) is 0 Å². The van der Waals surface area contributed by atoms with Gasteiger partial charge >= 0.3 is 6.18 Å². The Kier molecular flexibility index (Phi) is 6.87. The van der Waals surface area contributed by atoms with E-state index in [9.17, 15) is 13.2 Å². The first-order chi connectivity index (χ1) is 22.9. The van der Waals surface area contributed by atoms with Crippen LogP contribution in [0.1, 0.15) is 5.56 Å². The Hall–Kier alpha value is -6.08. The molecule has 0 aliphatic heterocycles. The molecule has 0 bridgehead atoms. The maximum Gasteiger partial charge on any atom is 0.416 e. The molecule has 226 valence electrons. The van der Waals surface area contributed by atoms with Crippen molar-refractivity contribution >= 4 is 21.8 Å². The summed E-state index contributed by atoms with van der Waals surface area (Å²) in [5, 5.41) is 1.97. The van der Waals surface area contributed by atoms with Crippen LogP contribution in [0.5, 0.6) is 0 Å². The Bertz CT molecular complexity index is 2330. The van der Waals surface area contributed by atoms with Gasteiger partial charge in [-0.3, -0.25) is 0 Å². The molecule has 0 saturated heterocycles. The third-order valence-corrected chi connectivity index (χ3v) is 8.28. The van der Waals surface area contributed by atoms with Crippen LogP contribution >= 0.6 is 0 Å². The lowest BCUT2D eigenvalue weighted by Gasteiger charge is -2.17. The van der Waals surface area contributed by atoms with Gasteiger partial charge in [-0.2, -0.15) is 13.2 Å². The Balaban J connectivity index is 1.43. The Morgan fingerprint density at radius 2 is 0.957 bits per heavy atom. The predicted octanol–water partition coefficient (Wildman–Crippen LogP) is 10.7. The molecular weight excluding hydrogens is 593 g/mol. The zero-order valence-corrected chi connectivity index (χ0v) is 24.9. The summed E-state index contributed by atoms with van der Waals surface area (Å²) < 4.78 is 44.9. The number of fused-ring (bicyclic) bond motifs is 3. The molecule has 2 heterocycles. The number of nitrogens with zero attached hydrogens (tertiary/aromatic N) is 4. The SMILES string of the molecule is FC(F)(F)c1ccc(-n2c3ccccc3c3cc(-c4ccccc4)ccc32)c(-c2nc(-c3ccccc3)nc(-c3ccccc3)n2)c1. The van der Waals surface area contributed by atoms with Crippen LogP contribution < -0.4 is 0 Å². The van der Waals surface area contributed by atoms with E-state index in [1.807, 2.05) is 120 Å². The van der Waals surface area contributed by atoms with Crippen LogP contribution in [-0.2, 0) is 6.18 Å². The number of hydrogen-bond donors (Lipinski definition) is 0. The van der Waals surface area contributed by atoms with Crippen molar-refractivity contribution in [3.05, 3.63) is 157 Å². The summed E-state index contributed by atoms with van der Waals surface area (Å²) in [6, 6.07) is 46.8. The molecule has 0 spiro atoms. The summed E-state index contributed by atoms with van der Waals surface area (Å²) in [5.41, 5.74) is 5.28. The second-order valence-corrected chi connectivity index (χ2v) is 11.2. The smallest absolute Gasteiger partial charge is 0.309 e. The molecule has 2 aromatic heterocycles. The molecule has 0 radical (unpaired) electrons. The van der Waals surface area contributed by atoms with Crippen molar-refractivity contribution in [3.8, 4) is 51.0 Å². The van der Waals surface area contributed by atoms with Gasteiger partial charge in [0.2, 0.25) is 0 Å². The molecule has 7 heteroatoms. The Morgan fingerprint density at radius 3 is 1.57 bits per heavy atom. The van der Waals surface area contributed by atoms with Gasteiger partial charge < -0.3 is 4.57 Å². The first kappa shape index (κ1) is 28.4. The molecule has 47 heavy (non-hydrogen) atoms. The first-order valence-electron chi connectivity index (χ1n) is 15.1. The van der Waals surface area contributed by atoms with E-state index in [0.717, 1.165) is 56.2 Å². The maximum absolute atomic E-state index is 14.3. The number of halogens is 3. The van der Waals surface area contributed by atoms with Crippen molar-refractivity contribution in [1.29, 1.82) is 0 Å². The monoisotopic (exact) mass is 618 g/mol. The molecule has 4 nitrogen and oxygen atoms in total. The zero-order chi connectivity index (χ0) is 32.0. The van der Waals surface area contributed by atoms with E-state index in [4.69, 9.17) is 15.0 Å². The van der Waals surface area contributed by atoms with E-state index in [2.05, 4.69) is 18.2 Å². The van der Waals surface area contributed by atoms with Crippen molar-refractivity contribution in [2.75, 3.05) is 0 Å².